The van der Waals surface area contributed by atoms with Gasteiger partial charge in [0, 0.05) is 25.6 Å². The molecule has 2 aromatic rings. The van der Waals surface area contributed by atoms with Gasteiger partial charge in [0.2, 0.25) is 0 Å². The molecule has 2 aromatic carbocycles. The molecule has 3 heteroatoms. The van der Waals surface area contributed by atoms with Gasteiger partial charge in [0.1, 0.15) is 0 Å². The lowest BCUT2D eigenvalue weighted by molar-refractivity contribution is -0.141. The number of nitrogens with zero attached hydrogens (tertiary/aromatic N) is 1. The van der Waals surface area contributed by atoms with Crippen LogP contribution in [0.2, 0.25) is 0 Å². The van der Waals surface area contributed by atoms with E-state index in [2.05, 4.69) is 17.0 Å². The third kappa shape index (κ3) is 3.14. The van der Waals surface area contributed by atoms with E-state index in [-0.39, 0.29) is 11.8 Å². The summed E-state index contributed by atoms with van der Waals surface area (Å²) in [5.74, 6) is -0.942. The van der Waals surface area contributed by atoms with E-state index in [9.17, 15) is 9.90 Å². The Morgan fingerprint density at radius 1 is 1.00 bits per heavy atom. The van der Waals surface area contributed by atoms with Gasteiger partial charge in [0.05, 0.1) is 5.92 Å². The van der Waals surface area contributed by atoms with Crippen LogP contribution in [-0.2, 0) is 11.3 Å². The molecule has 1 aliphatic heterocycles. The number of hydrogen-bond donors (Lipinski definition) is 1. The second-order valence-electron chi connectivity index (χ2n) is 5.64. The molecule has 0 aromatic heterocycles. The van der Waals surface area contributed by atoms with E-state index < -0.39 is 5.97 Å². The van der Waals surface area contributed by atoms with Crippen LogP contribution in [0.1, 0.15) is 17.0 Å². The van der Waals surface area contributed by atoms with Gasteiger partial charge < -0.3 is 5.11 Å². The molecule has 0 aliphatic carbocycles. The first kappa shape index (κ1) is 13.8. The number of carboxylic acid groups (broad SMARTS) is 1. The Morgan fingerprint density at radius 2 is 1.62 bits per heavy atom. The Hall–Kier alpha value is -2.13. The van der Waals surface area contributed by atoms with Gasteiger partial charge in [-0.2, -0.15) is 0 Å². The Bertz CT molecular complexity index is 597. The first-order valence-corrected chi connectivity index (χ1v) is 7.28. The molecule has 2 atom stereocenters. The Balaban J connectivity index is 1.77. The number of likely N-dealkylation sites (tertiary alicyclic amines) is 1. The first-order chi connectivity index (χ1) is 10.2. The number of carbonyl (C=O) groups is 1. The molecule has 1 N–H and O–H groups in total. The minimum Gasteiger partial charge on any atom is -0.481 e. The van der Waals surface area contributed by atoms with E-state index in [1.165, 1.54) is 5.56 Å². The summed E-state index contributed by atoms with van der Waals surface area (Å²) in [6.45, 7) is 2.23. The van der Waals surface area contributed by atoms with Crippen LogP contribution < -0.4 is 0 Å². The molecule has 3 rings (SSSR count). The van der Waals surface area contributed by atoms with E-state index in [1.807, 2.05) is 48.5 Å². The predicted octanol–water partition coefficient (Wildman–Crippen LogP) is 2.99. The topological polar surface area (TPSA) is 40.5 Å². The zero-order chi connectivity index (χ0) is 14.7. The fourth-order valence-electron chi connectivity index (χ4n) is 3.14. The quantitative estimate of drug-likeness (QED) is 0.936. The molecule has 108 valence electrons. The van der Waals surface area contributed by atoms with Gasteiger partial charge in [0.25, 0.3) is 0 Å². The Labute approximate surface area is 124 Å². The van der Waals surface area contributed by atoms with Gasteiger partial charge in [-0.25, -0.2) is 0 Å². The molecule has 1 fully saturated rings. The van der Waals surface area contributed by atoms with Crippen molar-refractivity contribution in [2.75, 3.05) is 13.1 Å². The molecule has 21 heavy (non-hydrogen) atoms. The fourth-order valence-corrected chi connectivity index (χ4v) is 3.14. The summed E-state index contributed by atoms with van der Waals surface area (Å²) in [6.07, 6.45) is 0. The average Bonchev–Trinajstić information content (AvgIpc) is 2.93. The zero-order valence-corrected chi connectivity index (χ0v) is 11.9. The molecule has 0 spiro atoms. The summed E-state index contributed by atoms with van der Waals surface area (Å²) in [5, 5.41) is 9.50. The van der Waals surface area contributed by atoms with E-state index in [0.717, 1.165) is 18.7 Å². The summed E-state index contributed by atoms with van der Waals surface area (Å²) in [4.78, 5) is 13.8. The molecule has 0 amide bonds. The first-order valence-electron chi connectivity index (χ1n) is 7.28. The standard InChI is InChI=1S/C18H19NO2/c20-18(21)17-13-19(11-14-7-3-1-4-8-14)12-16(17)15-9-5-2-6-10-15/h1-10,16-17H,11-13H2,(H,20,21). The lowest BCUT2D eigenvalue weighted by Crippen LogP contribution is -2.23. The van der Waals surface area contributed by atoms with Crippen LogP contribution in [0.15, 0.2) is 60.7 Å². The van der Waals surface area contributed by atoms with Crippen molar-refractivity contribution in [1.82, 2.24) is 4.90 Å². The highest BCUT2D eigenvalue weighted by molar-refractivity contribution is 5.72. The molecule has 1 saturated heterocycles. The van der Waals surface area contributed by atoms with Crippen molar-refractivity contribution in [3.63, 3.8) is 0 Å². The number of benzene rings is 2. The van der Waals surface area contributed by atoms with Gasteiger partial charge in [0.15, 0.2) is 0 Å². The number of hydrogen-bond acceptors (Lipinski definition) is 2. The molecule has 0 saturated carbocycles. The van der Waals surface area contributed by atoms with Crippen LogP contribution in [0.25, 0.3) is 0 Å². The SMILES string of the molecule is O=C(O)C1CN(Cc2ccccc2)CC1c1ccccc1. The van der Waals surface area contributed by atoms with Crippen LogP contribution in [0.3, 0.4) is 0 Å². The van der Waals surface area contributed by atoms with Gasteiger partial charge in [-0.3, -0.25) is 9.69 Å². The highest BCUT2D eigenvalue weighted by Gasteiger charge is 2.38. The van der Waals surface area contributed by atoms with Gasteiger partial charge >= 0.3 is 5.97 Å². The minimum atomic E-state index is -0.695. The summed E-state index contributed by atoms with van der Waals surface area (Å²) >= 11 is 0. The van der Waals surface area contributed by atoms with Gasteiger partial charge in [-0.1, -0.05) is 60.7 Å². The zero-order valence-electron chi connectivity index (χ0n) is 11.9. The van der Waals surface area contributed by atoms with Crippen LogP contribution in [0.5, 0.6) is 0 Å². The number of carboxylic acids is 1. The van der Waals surface area contributed by atoms with Crippen molar-refractivity contribution in [3.8, 4) is 0 Å². The lowest BCUT2D eigenvalue weighted by atomic mass is 9.89. The number of rotatable bonds is 4. The van der Waals surface area contributed by atoms with E-state index in [0.29, 0.717) is 6.54 Å². The third-order valence-electron chi connectivity index (χ3n) is 4.19. The number of aliphatic carboxylic acids is 1. The van der Waals surface area contributed by atoms with Crippen LogP contribution in [0, 0.1) is 5.92 Å². The molecule has 0 bridgehead atoms. The van der Waals surface area contributed by atoms with E-state index in [1.54, 1.807) is 0 Å². The summed E-state index contributed by atoms with van der Waals surface area (Å²) < 4.78 is 0. The summed E-state index contributed by atoms with van der Waals surface area (Å²) in [6, 6.07) is 20.2. The van der Waals surface area contributed by atoms with Crippen molar-refractivity contribution in [1.29, 1.82) is 0 Å². The van der Waals surface area contributed by atoms with Crippen LogP contribution >= 0.6 is 0 Å². The summed E-state index contributed by atoms with van der Waals surface area (Å²) in [7, 11) is 0. The molecular formula is C18H19NO2. The van der Waals surface area contributed by atoms with E-state index in [4.69, 9.17) is 0 Å². The van der Waals surface area contributed by atoms with Crippen molar-refractivity contribution in [2.45, 2.75) is 12.5 Å². The fraction of sp³-hybridized carbons (Fsp3) is 0.278. The van der Waals surface area contributed by atoms with Crippen molar-refractivity contribution < 1.29 is 9.90 Å². The maximum absolute atomic E-state index is 11.6. The minimum absolute atomic E-state index is 0.0763. The molecule has 1 heterocycles. The average molecular weight is 281 g/mol. The van der Waals surface area contributed by atoms with Crippen LogP contribution in [0.4, 0.5) is 0 Å². The normalized spacial score (nSPS) is 22.3. The van der Waals surface area contributed by atoms with Crippen molar-refractivity contribution >= 4 is 5.97 Å². The Morgan fingerprint density at radius 3 is 2.24 bits per heavy atom. The molecule has 2 unspecified atom stereocenters. The monoisotopic (exact) mass is 281 g/mol. The molecule has 3 nitrogen and oxygen atoms in total. The Kier molecular flexibility index (Phi) is 4.02. The van der Waals surface area contributed by atoms with Gasteiger partial charge in [-0.15, -0.1) is 0 Å². The highest BCUT2D eigenvalue weighted by Crippen LogP contribution is 2.33. The molecular weight excluding hydrogens is 262 g/mol. The molecule has 1 aliphatic rings. The van der Waals surface area contributed by atoms with Crippen LogP contribution in [-0.4, -0.2) is 29.1 Å². The maximum atomic E-state index is 11.6. The highest BCUT2D eigenvalue weighted by atomic mass is 16.4. The second kappa shape index (κ2) is 6.10. The largest absolute Gasteiger partial charge is 0.481 e. The van der Waals surface area contributed by atoms with Crippen molar-refractivity contribution in [2.24, 2.45) is 5.92 Å². The predicted molar refractivity (Wildman–Crippen MR) is 82.0 cm³/mol. The van der Waals surface area contributed by atoms with Crippen molar-refractivity contribution in [3.05, 3.63) is 71.8 Å². The third-order valence-corrected chi connectivity index (χ3v) is 4.19. The van der Waals surface area contributed by atoms with Gasteiger partial charge in [-0.05, 0) is 11.1 Å². The summed E-state index contributed by atoms with van der Waals surface area (Å²) in [5.41, 5.74) is 2.36. The second-order valence-corrected chi connectivity index (χ2v) is 5.64. The smallest absolute Gasteiger partial charge is 0.308 e. The maximum Gasteiger partial charge on any atom is 0.308 e. The lowest BCUT2D eigenvalue weighted by Gasteiger charge is -2.16. The molecule has 0 radical (unpaired) electrons. The van der Waals surface area contributed by atoms with E-state index >= 15 is 0 Å².